The average Bonchev–Trinajstić information content (AvgIpc) is 3.02. The summed E-state index contributed by atoms with van der Waals surface area (Å²) in [6.45, 7) is 22.4. The van der Waals surface area contributed by atoms with Crippen LogP contribution in [-0.2, 0) is 9.53 Å². The highest BCUT2D eigenvalue weighted by Crippen LogP contribution is 2.32. The van der Waals surface area contributed by atoms with Crippen LogP contribution in [0.3, 0.4) is 0 Å². The zero-order valence-electron chi connectivity index (χ0n) is 30.9. The van der Waals surface area contributed by atoms with Crippen LogP contribution in [0.5, 0.6) is 0 Å². The number of Topliss-reactive ketones (excluding diaryl/α,β-unsaturated/α-hetero) is 1. The number of pyridine rings is 1. The fourth-order valence-corrected chi connectivity index (χ4v) is 5.47. The number of carbonyl (C=O) groups is 1. The topological polar surface area (TPSA) is 83.6 Å². The standard InChI is InChI=1S/C38H55N3O2.C3H6O/c1-10-14-15-18-31(16-11-2)35-20-19-34(23-28(35)6)41-30(8)37-33(21-22-40-38(37)42)24-32(17-12-3)29(7)25-39-26-36(43-9)27(5)13-4;1-3(2)4/h19-26,31,41H,8,10-18H2,1-7,9H3,(H,40,42);1-2H3/b29-25+,32-24+,36-27?,39-26?;. The number of ketones is 1. The smallest absolute Gasteiger partial charge is 0.257 e. The minimum atomic E-state index is -0.168. The Hall–Kier alpha value is -3.93. The summed E-state index contributed by atoms with van der Waals surface area (Å²) in [4.78, 5) is 29.9. The van der Waals surface area contributed by atoms with Crippen molar-refractivity contribution in [2.75, 3.05) is 12.4 Å². The Kier molecular flexibility index (Phi) is 19.7. The second-order valence-electron chi connectivity index (χ2n) is 12.4. The summed E-state index contributed by atoms with van der Waals surface area (Å²) in [7, 11) is 1.67. The number of aromatic nitrogens is 1. The fourth-order valence-electron chi connectivity index (χ4n) is 5.47. The summed E-state index contributed by atoms with van der Waals surface area (Å²) in [6.07, 6.45) is 17.6. The van der Waals surface area contributed by atoms with Gasteiger partial charge in [-0.15, -0.1) is 0 Å². The molecule has 2 rings (SSSR count). The monoisotopic (exact) mass is 643 g/mol. The third-order valence-corrected chi connectivity index (χ3v) is 8.08. The van der Waals surface area contributed by atoms with Gasteiger partial charge in [0.05, 0.1) is 18.9 Å². The lowest BCUT2D eigenvalue weighted by Gasteiger charge is -2.20. The molecule has 1 aromatic carbocycles. The summed E-state index contributed by atoms with van der Waals surface area (Å²) >= 11 is 0. The lowest BCUT2D eigenvalue weighted by molar-refractivity contribution is -0.115. The number of methoxy groups -OCH3 is 1. The Bertz CT molecular complexity index is 1470. The molecule has 0 aliphatic carbocycles. The molecule has 0 aliphatic heterocycles. The van der Waals surface area contributed by atoms with Gasteiger partial charge in [-0.2, -0.15) is 0 Å². The Labute approximate surface area is 285 Å². The largest absolute Gasteiger partial charge is 0.495 e. The van der Waals surface area contributed by atoms with Gasteiger partial charge in [-0.3, -0.25) is 9.79 Å². The summed E-state index contributed by atoms with van der Waals surface area (Å²) in [5, 5.41) is 3.43. The van der Waals surface area contributed by atoms with Gasteiger partial charge in [0.2, 0.25) is 0 Å². The molecule has 6 nitrogen and oxygen atoms in total. The lowest BCUT2D eigenvalue weighted by atomic mass is 9.86. The molecule has 2 aromatic rings. The predicted octanol–water partition coefficient (Wildman–Crippen LogP) is 11.3. The molecule has 0 bridgehead atoms. The number of rotatable bonds is 18. The third-order valence-electron chi connectivity index (χ3n) is 8.08. The summed E-state index contributed by atoms with van der Waals surface area (Å²) in [5.41, 5.74) is 8.75. The van der Waals surface area contributed by atoms with Crippen molar-refractivity contribution in [1.82, 2.24) is 4.98 Å². The molecule has 1 heterocycles. The molecular weight excluding hydrogens is 582 g/mol. The number of unbranched alkanes of at least 4 members (excludes halogenated alkanes) is 2. The van der Waals surface area contributed by atoms with Crippen molar-refractivity contribution < 1.29 is 9.53 Å². The molecule has 1 atom stereocenters. The number of aryl methyl sites for hydroxylation is 1. The van der Waals surface area contributed by atoms with Crippen molar-refractivity contribution in [3.05, 3.63) is 98.3 Å². The first kappa shape index (κ1) is 41.1. The first-order valence-electron chi connectivity index (χ1n) is 17.3. The van der Waals surface area contributed by atoms with Crippen LogP contribution < -0.4 is 10.9 Å². The Morgan fingerprint density at radius 3 is 2.30 bits per heavy atom. The number of nitrogens with zero attached hydrogens (tertiary/aromatic N) is 1. The van der Waals surface area contributed by atoms with Gasteiger partial charge in [0, 0.05) is 23.8 Å². The first-order valence-corrected chi connectivity index (χ1v) is 17.3. The minimum Gasteiger partial charge on any atom is -0.495 e. The van der Waals surface area contributed by atoms with Gasteiger partial charge < -0.3 is 19.8 Å². The van der Waals surface area contributed by atoms with Gasteiger partial charge in [-0.1, -0.05) is 78.5 Å². The number of benzene rings is 1. The molecule has 0 saturated carbocycles. The van der Waals surface area contributed by atoms with E-state index in [-0.39, 0.29) is 11.3 Å². The van der Waals surface area contributed by atoms with Crippen LogP contribution in [0.4, 0.5) is 5.69 Å². The van der Waals surface area contributed by atoms with Crippen LogP contribution in [0.15, 0.2) is 75.5 Å². The normalized spacial score (nSPS) is 13.1. The average molecular weight is 644 g/mol. The number of anilines is 1. The molecule has 0 spiro atoms. The van der Waals surface area contributed by atoms with Gasteiger partial charge in [0.25, 0.3) is 5.56 Å². The highest BCUT2D eigenvalue weighted by atomic mass is 16.5. The van der Waals surface area contributed by atoms with E-state index in [0.717, 1.165) is 53.0 Å². The van der Waals surface area contributed by atoms with Gasteiger partial charge in [0.1, 0.15) is 11.5 Å². The highest BCUT2D eigenvalue weighted by molar-refractivity contribution is 5.81. The van der Waals surface area contributed by atoms with Crippen molar-refractivity contribution in [1.29, 1.82) is 0 Å². The maximum absolute atomic E-state index is 13.1. The van der Waals surface area contributed by atoms with Crippen molar-refractivity contribution in [3.8, 4) is 0 Å². The minimum absolute atomic E-state index is 0.167. The van der Waals surface area contributed by atoms with Crippen molar-refractivity contribution in [2.24, 2.45) is 4.99 Å². The molecule has 6 heteroatoms. The number of H-pyrrole nitrogens is 1. The van der Waals surface area contributed by atoms with Crippen molar-refractivity contribution in [3.63, 3.8) is 0 Å². The molecule has 47 heavy (non-hydrogen) atoms. The Balaban J connectivity index is 0.00000260. The van der Waals surface area contributed by atoms with E-state index < -0.39 is 0 Å². The number of hydrogen-bond donors (Lipinski definition) is 2. The van der Waals surface area contributed by atoms with E-state index in [2.05, 4.69) is 87.7 Å². The number of allylic oxidation sites excluding steroid dienone is 4. The van der Waals surface area contributed by atoms with Crippen molar-refractivity contribution >= 4 is 29.5 Å². The van der Waals surface area contributed by atoms with Crippen LogP contribution in [-0.4, -0.2) is 24.1 Å². The van der Waals surface area contributed by atoms with E-state index in [1.54, 1.807) is 19.5 Å². The van der Waals surface area contributed by atoms with Crippen LogP contribution in [0.1, 0.15) is 141 Å². The maximum Gasteiger partial charge on any atom is 0.257 e. The molecule has 0 radical (unpaired) electrons. The second-order valence-corrected chi connectivity index (χ2v) is 12.4. The zero-order chi connectivity index (χ0) is 35.4. The Morgan fingerprint density at radius 1 is 1.02 bits per heavy atom. The van der Waals surface area contributed by atoms with Crippen LogP contribution >= 0.6 is 0 Å². The maximum atomic E-state index is 13.1. The van der Waals surface area contributed by atoms with E-state index in [4.69, 9.17) is 4.74 Å². The van der Waals surface area contributed by atoms with Gasteiger partial charge in [0.15, 0.2) is 0 Å². The molecule has 258 valence electrons. The molecule has 0 saturated heterocycles. The van der Waals surface area contributed by atoms with Gasteiger partial charge in [-0.05, 0) is 118 Å². The number of aliphatic imine (C=N–C) groups is 1. The summed E-state index contributed by atoms with van der Waals surface area (Å²) in [6, 6.07) is 8.50. The number of ether oxygens (including phenoxy) is 1. The number of hydrogen-bond acceptors (Lipinski definition) is 5. The molecule has 0 fully saturated rings. The SMILES string of the molecule is C=C(Nc1ccc(C(CCC)CCCCC)c(C)c1)c1c(/C=C(CCC)/C(C)=C/N=CC(OC)=C(C)CC)cc[nH]c1=O.CC(C)=O. The summed E-state index contributed by atoms with van der Waals surface area (Å²) in [5.74, 6) is 1.54. The van der Waals surface area contributed by atoms with Crippen LogP contribution in [0.2, 0.25) is 0 Å². The summed E-state index contributed by atoms with van der Waals surface area (Å²) < 4.78 is 5.48. The lowest BCUT2D eigenvalue weighted by Crippen LogP contribution is -2.16. The Morgan fingerprint density at radius 2 is 1.72 bits per heavy atom. The highest BCUT2D eigenvalue weighted by Gasteiger charge is 2.15. The molecule has 0 aliphatic rings. The molecule has 2 N–H and O–H groups in total. The van der Waals surface area contributed by atoms with E-state index in [1.165, 1.54) is 63.5 Å². The quantitative estimate of drug-likeness (QED) is 0.0732. The zero-order valence-corrected chi connectivity index (χ0v) is 30.9. The molecular formula is C41H61N3O3. The number of nitrogens with one attached hydrogen (secondary N) is 2. The molecule has 0 amide bonds. The number of aromatic amines is 1. The van der Waals surface area contributed by atoms with Crippen LogP contribution in [0, 0.1) is 6.92 Å². The van der Waals surface area contributed by atoms with E-state index >= 15 is 0 Å². The first-order chi connectivity index (χ1) is 22.4. The van der Waals surface area contributed by atoms with Crippen LogP contribution in [0.25, 0.3) is 11.8 Å². The van der Waals surface area contributed by atoms with E-state index in [9.17, 15) is 9.59 Å². The predicted molar refractivity (Wildman–Crippen MR) is 204 cm³/mol. The number of carbonyl (C=O) groups excluding carboxylic acids is 1. The van der Waals surface area contributed by atoms with Gasteiger partial charge >= 0.3 is 0 Å². The second kappa shape index (κ2) is 22.6. The third kappa shape index (κ3) is 14.6. The molecule has 1 aromatic heterocycles. The van der Waals surface area contributed by atoms with E-state index in [0.29, 0.717) is 17.2 Å². The fraction of sp³-hybridized carbons (Fsp3) is 0.488. The van der Waals surface area contributed by atoms with Gasteiger partial charge in [-0.25, -0.2) is 0 Å². The molecule has 1 unspecified atom stereocenters. The van der Waals surface area contributed by atoms with E-state index in [1.807, 2.05) is 19.2 Å². The van der Waals surface area contributed by atoms with Crippen molar-refractivity contribution in [2.45, 2.75) is 126 Å².